The molecule has 0 aliphatic carbocycles. The Morgan fingerprint density at radius 1 is 1.30 bits per heavy atom. The van der Waals surface area contributed by atoms with Gasteiger partial charge in [-0.25, -0.2) is 18.8 Å². The van der Waals surface area contributed by atoms with E-state index in [2.05, 4.69) is 9.98 Å². The summed E-state index contributed by atoms with van der Waals surface area (Å²) in [5.41, 5.74) is 1.50. The van der Waals surface area contributed by atoms with E-state index in [0.717, 1.165) is 12.6 Å². The summed E-state index contributed by atoms with van der Waals surface area (Å²) >= 11 is -1.38. The zero-order chi connectivity index (χ0) is 20.1. The molecule has 0 fully saturated rings. The molecular weight excluding hydrogens is 372 g/mol. The van der Waals surface area contributed by atoms with Gasteiger partial charge in [0.25, 0.3) is 5.88 Å². The van der Waals surface area contributed by atoms with Gasteiger partial charge in [0.05, 0.1) is 17.7 Å². The Kier molecular flexibility index (Phi) is 7.15. The average molecular weight is 395 g/mol. The number of rotatable bonds is 7. The minimum absolute atomic E-state index is 0.160. The van der Waals surface area contributed by atoms with Crippen LogP contribution in [-0.2, 0) is 11.2 Å². The first-order valence-electron chi connectivity index (χ1n) is 8.43. The topological polar surface area (TPSA) is 60.8 Å². The average Bonchev–Trinajstić information content (AvgIpc) is 2.59. The molecule has 2 aromatic rings. The minimum Gasteiger partial charge on any atom is -0.612 e. The molecule has 5 nitrogen and oxygen atoms in total. The predicted octanol–water partition coefficient (Wildman–Crippen LogP) is 4.16. The van der Waals surface area contributed by atoms with E-state index in [4.69, 9.17) is 4.74 Å². The van der Waals surface area contributed by atoms with Crippen molar-refractivity contribution in [2.24, 2.45) is 4.99 Å². The smallest absolute Gasteiger partial charge is 0.271 e. The summed E-state index contributed by atoms with van der Waals surface area (Å²) in [6.45, 7) is 6.21. The number of halogens is 2. The number of aryl methyl sites for hydroxylation is 1. The highest BCUT2D eigenvalue weighted by atomic mass is 32.2. The van der Waals surface area contributed by atoms with Gasteiger partial charge in [0, 0.05) is 25.7 Å². The molecule has 0 N–H and O–H groups in total. The molecule has 0 aliphatic rings. The van der Waals surface area contributed by atoms with Crippen LogP contribution in [0.25, 0.3) is 0 Å². The van der Waals surface area contributed by atoms with Crippen molar-refractivity contribution in [3.63, 3.8) is 0 Å². The molecule has 0 saturated carbocycles. The number of hydrogen-bond acceptors (Lipinski definition) is 4. The summed E-state index contributed by atoms with van der Waals surface area (Å²) in [5, 5.41) is 0. The van der Waals surface area contributed by atoms with Crippen LogP contribution in [0.4, 0.5) is 14.5 Å². The molecule has 0 aliphatic heterocycles. The lowest BCUT2D eigenvalue weighted by molar-refractivity contribution is 0.209. The number of benzene rings is 1. The van der Waals surface area contributed by atoms with Crippen LogP contribution in [0, 0.1) is 18.6 Å². The fraction of sp³-hybridized carbons (Fsp3) is 0.368. The summed E-state index contributed by atoms with van der Waals surface area (Å²) < 4.78 is 44.8. The van der Waals surface area contributed by atoms with Gasteiger partial charge < -0.3 is 14.2 Å². The van der Waals surface area contributed by atoms with Crippen molar-refractivity contribution >= 4 is 23.2 Å². The molecule has 0 radical (unpaired) electrons. The second-order valence-corrected chi connectivity index (χ2v) is 7.48. The maximum absolute atomic E-state index is 13.5. The lowest BCUT2D eigenvalue weighted by Gasteiger charge is -2.18. The van der Waals surface area contributed by atoms with Crippen molar-refractivity contribution in [3.8, 4) is 5.88 Å². The van der Waals surface area contributed by atoms with Crippen molar-refractivity contribution < 1.29 is 18.1 Å². The van der Waals surface area contributed by atoms with Gasteiger partial charge in [-0.05, 0) is 49.6 Å². The van der Waals surface area contributed by atoms with E-state index in [9.17, 15) is 13.3 Å². The summed E-state index contributed by atoms with van der Waals surface area (Å²) in [6.07, 6.45) is 2.51. The van der Waals surface area contributed by atoms with E-state index in [1.54, 1.807) is 26.3 Å². The van der Waals surface area contributed by atoms with Crippen molar-refractivity contribution in [1.82, 2.24) is 9.88 Å². The second kappa shape index (κ2) is 9.14. The molecule has 27 heavy (non-hydrogen) atoms. The summed E-state index contributed by atoms with van der Waals surface area (Å²) in [6, 6.07) is 4.85. The van der Waals surface area contributed by atoms with Crippen LogP contribution >= 0.6 is 0 Å². The van der Waals surface area contributed by atoms with E-state index in [1.807, 2.05) is 18.9 Å². The van der Waals surface area contributed by atoms with E-state index < -0.39 is 28.9 Å². The molecule has 2 atom stereocenters. The van der Waals surface area contributed by atoms with Crippen molar-refractivity contribution in [2.75, 3.05) is 19.8 Å². The first-order chi connectivity index (χ1) is 12.7. The third kappa shape index (κ3) is 5.64. The Labute approximate surface area is 161 Å². The monoisotopic (exact) mass is 395 g/mol. The van der Waals surface area contributed by atoms with Gasteiger partial charge in [-0.2, -0.15) is 0 Å². The third-order valence-corrected chi connectivity index (χ3v) is 4.88. The van der Waals surface area contributed by atoms with Gasteiger partial charge in [-0.15, -0.1) is 0 Å². The summed E-state index contributed by atoms with van der Waals surface area (Å²) in [7, 11) is 1.89. The van der Waals surface area contributed by atoms with Crippen LogP contribution in [0.15, 0.2) is 34.2 Å². The van der Waals surface area contributed by atoms with Crippen LogP contribution in [0.3, 0.4) is 0 Å². The molecule has 0 spiro atoms. The standard InChI is InChI=1S/C19H23F2N3O2S/c1-6-24(4)11-22-17-10-18(27(5)25)19(23-12(17)2)26-13(3)14-7-15(20)9-16(21)8-14/h7-11,13H,6H2,1-5H3/b22-11+. The maximum Gasteiger partial charge on any atom is 0.271 e. The molecule has 146 valence electrons. The minimum atomic E-state index is -1.38. The molecule has 1 aromatic heterocycles. The third-order valence-electron chi connectivity index (χ3n) is 3.96. The Balaban J connectivity index is 2.35. The zero-order valence-corrected chi connectivity index (χ0v) is 16.8. The lowest BCUT2D eigenvalue weighted by atomic mass is 10.1. The number of hydrogen-bond donors (Lipinski definition) is 0. The largest absolute Gasteiger partial charge is 0.612 e. The Morgan fingerprint density at radius 3 is 2.48 bits per heavy atom. The first-order valence-corrected chi connectivity index (χ1v) is 9.99. The second-order valence-electron chi connectivity index (χ2n) is 6.13. The van der Waals surface area contributed by atoms with E-state index in [-0.39, 0.29) is 5.88 Å². The van der Waals surface area contributed by atoms with E-state index >= 15 is 0 Å². The van der Waals surface area contributed by atoms with Crippen LogP contribution in [0.2, 0.25) is 0 Å². The number of aliphatic imine (C=N–C) groups is 1. The predicted molar refractivity (Wildman–Crippen MR) is 103 cm³/mol. The van der Waals surface area contributed by atoms with Crippen molar-refractivity contribution in [3.05, 3.63) is 47.2 Å². The van der Waals surface area contributed by atoms with Crippen molar-refractivity contribution in [2.45, 2.75) is 31.8 Å². The number of ether oxygens (including phenoxy) is 1. The lowest BCUT2D eigenvalue weighted by Crippen LogP contribution is -2.14. The molecule has 0 saturated heterocycles. The number of aromatic nitrogens is 1. The fourth-order valence-electron chi connectivity index (χ4n) is 2.26. The highest BCUT2D eigenvalue weighted by molar-refractivity contribution is 7.90. The maximum atomic E-state index is 13.5. The van der Waals surface area contributed by atoms with Gasteiger partial charge in [-0.1, -0.05) is 0 Å². The van der Waals surface area contributed by atoms with Gasteiger partial charge in [0.2, 0.25) is 4.90 Å². The Bertz CT molecular complexity index is 811. The summed E-state index contributed by atoms with van der Waals surface area (Å²) in [4.78, 5) is 11.0. The molecular formula is C19H23F2N3O2S. The molecule has 0 bridgehead atoms. The first kappa shape index (κ1) is 21.1. The van der Waals surface area contributed by atoms with Crippen LogP contribution in [-0.4, -0.2) is 40.6 Å². The van der Waals surface area contributed by atoms with Crippen molar-refractivity contribution in [1.29, 1.82) is 0 Å². The van der Waals surface area contributed by atoms with Crippen LogP contribution in [0.1, 0.15) is 31.2 Å². The van der Waals surface area contributed by atoms with E-state index in [0.29, 0.717) is 21.8 Å². The molecule has 0 amide bonds. The highest BCUT2D eigenvalue weighted by Crippen LogP contribution is 2.32. The SMILES string of the molecule is CCN(C)/C=N/c1cc([S+](C)[O-])c(OC(C)c2cc(F)cc(F)c2)nc1C. The van der Waals surface area contributed by atoms with Gasteiger partial charge in [-0.3, -0.25) is 0 Å². The molecule has 2 rings (SSSR count). The molecule has 1 aromatic carbocycles. The Hall–Kier alpha value is -2.19. The van der Waals surface area contributed by atoms with Gasteiger partial charge in [0.15, 0.2) is 0 Å². The molecule has 2 unspecified atom stereocenters. The zero-order valence-electron chi connectivity index (χ0n) is 16.0. The van der Waals surface area contributed by atoms with Crippen LogP contribution < -0.4 is 4.74 Å². The number of pyridine rings is 1. The molecule has 1 heterocycles. The molecule has 8 heteroatoms. The van der Waals surface area contributed by atoms with Crippen LogP contribution in [0.5, 0.6) is 5.88 Å². The normalized spacial score (nSPS) is 13.6. The quantitative estimate of drug-likeness (QED) is 0.401. The highest BCUT2D eigenvalue weighted by Gasteiger charge is 2.21. The Morgan fingerprint density at radius 2 is 1.93 bits per heavy atom. The number of nitrogens with zero attached hydrogens (tertiary/aromatic N) is 3. The fourth-order valence-corrected chi connectivity index (χ4v) is 2.88. The van der Waals surface area contributed by atoms with E-state index in [1.165, 1.54) is 18.4 Å². The van der Waals surface area contributed by atoms with Gasteiger partial charge >= 0.3 is 0 Å². The van der Waals surface area contributed by atoms with Gasteiger partial charge in [0.1, 0.15) is 24.0 Å². The summed E-state index contributed by atoms with van der Waals surface area (Å²) in [5.74, 6) is -1.21.